The number of amides is 2. The topological polar surface area (TPSA) is 63.0 Å². The summed E-state index contributed by atoms with van der Waals surface area (Å²) in [5, 5.41) is 0.548. The molecule has 7 heteroatoms. The first-order valence-corrected chi connectivity index (χ1v) is 10.8. The number of hydrogen-bond donors (Lipinski definition) is 0. The highest BCUT2D eigenvalue weighted by Gasteiger charge is 2.23. The van der Waals surface area contributed by atoms with Crippen LogP contribution in [0.3, 0.4) is 0 Å². The molecular formula is C25H27ClN2O4. The Labute approximate surface area is 193 Å². The van der Waals surface area contributed by atoms with Gasteiger partial charge in [0.05, 0.1) is 19.4 Å². The number of halogens is 1. The molecule has 168 valence electrons. The van der Waals surface area contributed by atoms with Gasteiger partial charge in [0.25, 0.3) is 5.91 Å². The maximum Gasteiger partial charge on any atom is 0.254 e. The quantitative estimate of drug-likeness (QED) is 0.433. The number of hydrogen-bond acceptors (Lipinski definition) is 4. The number of ether oxygens (including phenoxy) is 1. The summed E-state index contributed by atoms with van der Waals surface area (Å²) in [6.07, 6.45) is 2.29. The fourth-order valence-electron chi connectivity index (χ4n) is 3.28. The zero-order chi connectivity index (χ0) is 22.8. The predicted octanol–water partition coefficient (Wildman–Crippen LogP) is 4.29. The minimum Gasteiger partial charge on any atom is -0.467 e. The summed E-state index contributed by atoms with van der Waals surface area (Å²) in [7, 11) is 1.57. The number of carbonyl (C=O) groups is 2. The maximum atomic E-state index is 13.3. The van der Waals surface area contributed by atoms with E-state index in [0.29, 0.717) is 49.0 Å². The molecule has 1 heterocycles. The van der Waals surface area contributed by atoms with E-state index in [0.717, 1.165) is 5.56 Å². The van der Waals surface area contributed by atoms with Gasteiger partial charge in [-0.25, -0.2) is 0 Å². The zero-order valence-electron chi connectivity index (χ0n) is 18.1. The highest BCUT2D eigenvalue weighted by atomic mass is 35.5. The molecule has 0 N–H and O–H groups in total. The van der Waals surface area contributed by atoms with Crippen molar-refractivity contribution in [2.45, 2.75) is 13.0 Å². The second-order valence-electron chi connectivity index (χ2n) is 7.36. The molecule has 0 unspecified atom stereocenters. The summed E-state index contributed by atoms with van der Waals surface area (Å²) >= 11 is 5.94. The van der Waals surface area contributed by atoms with E-state index in [-0.39, 0.29) is 18.4 Å². The second kappa shape index (κ2) is 12.1. The molecule has 1 aromatic heterocycles. The maximum absolute atomic E-state index is 13.3. The Kier molecular flexibility index (Phi) is 8.90. The van der Waals surface area contributed by atoms with E-state index in [2.05, 4.69) is 0 Å². The Balaban J connectivity index is 1.73. The molecule has 2 amide bonds. The summed E-state index contributed by atoms with van der Waals surface area (Å²) in [4.78, 5) is 29.6. The molecule has 0 aliphatic heterocycles. The molecule has 3 rings (SSSR count). The third-order valence-corrected chi connectivity index (χ3v) is 5.31. The smallest absolute Gasteiger partial charge is 0.254 e. The van der Waals surface area contributed by atoms with Crippen molar-refractivity contribution >= 4 is 23.4 Å². The van der Waals surface area contributed by atoms with E-state index in [1.54, 1.807) is 48.6 Å². The van der Waals surface area contributed by atoms with E-state index < -0.39 is 0 Å². The van der Waals surface area contributed by atoms with Gasteiger partial charge in [0.2, 0.25) is 5.91 Å². The first-order chi connectivity index (χ1) is 15.6. The van der Waals surface area contributed by atoms with Gasteiger partial charge in [0.15, 0.2) is 0 Å². The fourth-order valence-corrected chi connectivity index (χ4v) is 3.41. The van der Waals surface area contributed by atoms with Crippen LogP contribution in [0, 0.1) is 0 Å². The minimum absolute atomic E-state index is 0.0552. The number of nitrogens with zero attached hydrogens (tertiary/aromatic N) is 2. The Hall–Kier alpha value is -3.09. The fraction of sp³-hybridized carbons (Fsp3) is 0.280. The predicted molar refractivity (Wildman–Crippen MR) is 124 cm³/mol. The molecule has 0 fully saturated rings. The third kappa shape index (κ3) is 6.97. The molecule has 3 aromatic rings. The van der Waals surface area contributed by atoms with Crippen molar-refractivity contribution in [1.29, 1.82) is 0 Å². The molecule has 0 atom stereocenters. The highest BCUT2D eigenvalue weighted by Crippen LogP contribution is 2.13. The van der Waals surface area contributed by atoms with Crippen LogP contribution in [0.25, 0.3) is 0 Å². The SMILES string of the molecule is COCCN(CC(=O)N(CCc1ccccc1)Cc1ccco1)C(=O)c1ccc(Cl)cc1. The van der Waals surface area contributed by atoms with Crippen LogP contribution in [-0.4, -0.2) is 55.0 Å². The van der Waals surface area contributed by atoms with Crippen LogP contribution in [0.15, 0.2) is 77.4 Å². The van der Waals surface area contributed by atoms with Crippen molar-refractivity contribution < 1.29 is 18.7 Å². The van der Waals surface area contributed by atoms with Crippen molar-refractivity contribution in [3.05, 3.63) is 94.9 Å². The highest BCUT2D eigenvalue weighted by molar-refractivity contribution is 6.30. The van der Waals surface area contributed by atoms with Crippen molar-refractivity contribution in [1.82, 2.24) is 9.80 Å². The lowest BCUT2D eigenvalue weighted by Gasteiger charge is -2.27. The van der Waals surface area contributed by atoms with Crippen molar-refractivity contribution in [2.24, 2.45) is 0 Å². The van der Waals surface area contributed by atoms with E-state index in [1.807, 2.05) is 36.4 Å². The second-order valence-corrected chi connectivity index (χ2v) is 7.79. The molecule has 0 spiro atoms. The number of benzene rings is 2. The summed E-state index contributed by atoms with van der Waals surface area (Å²) < 4.78 is 10.6. The normalized spacial score (nSPS) is 10.7. The number of furan rings is 1. The molecule has 0 saturated carbocycles. The van der Waals surface area contributed by atoms with Gasteiger partial charge in [-0.05, 0) is 48.4 Å². The van der Waals surface area contributed by atoms with Gasteiger partial charge in [0, 0.05) is 30.8 Å². The summed E-state index contributed by atoms with van der Waals surface area (Å²) in [5.74, 6) is 0.294. The number of carbonyl (C=O) groups excluding carboxylic acids is 2. The van der Waals surface area contributed by atoms with Crippen LogP contribution in [-0.2, 0) is 22.5 Å². The monoisotopic (exact) mass is 454 g/mol. The largest absolute Gasteiger partial charge is 0.467 e. The van der Waals surface area contributed by atoms with Gasteiger partial charge in [-0.1, -0.05) is 41.9 Å². The van der Waals surface area contributed by atoms with Crippen LogP contribution in [0.2, 0.25) is 5.02 Å². The summed E-state index contributed by atoms with van der Waals surface area (Å²) in [5.41, 5.74) is 1.61. The van der Waals surface area contributed by atoms with Gasteiger partial charge in [-0.15, -0.1) is 0 Å². The lowest BCUT2D eigenvalue weighted by molar-refractivity contribution is -0.132. The van der Waals surface area contributed by atoms with Crippen LogP contribution >= 0.6 is 11.6 Å². The molecule has 0 aliphatic rings. The Morgan fingerprint density at radius 3 is 2.34 bits per heavy atom. The average Bonchev–Trinajstić information content (AvgIpc) is 3.33. The lowest BCUT2D eigenvalue weighted by Crippen LogP contribution is -2.44. The van der Waals surface area contributed by atoms with E-state index in [9.17, 15) is 9.59 Å². The molecule has 6 nitrogen and oxygen atoms in total. The minimum atomic E-state index is -0.243. The molecule has 0 aliphatic carbocycles. The van der Waals surface area contributed by atoms with Crippen LogP contribution in [0.5, 0.6) is 0 Å². The summed E-state index contributed by atoms with van der Waals surface area (Å²) in [6, 6.07) is 20.3. The van der Waals surface area contributed by atoms with Gasteiger partial charge < -0.3 is 19.0 Å². The number of rotatable bonds is 11. The molecular weight excluding hydrogens is 428 g/mol. The van der Waals surface area contributed by atoms with Crippen molar-refractivity contribution in [3.63, 3.8) is 0 Å². The zero-order valence-corrected chi connectivity index (χ0v) is 18.8. The standard InChI is InChI=1S/C25H27ClN2O4/c1-31-17-15-28(25(30)21-9-11-22(26)12-10-21)19-24(29)27(18-23-8-5-16-32-23)14-13-20-6-3-2-4-7-20/h2-12,16H,13-15,17-19H2,1H3. The Morgan fingerprint density at radius 2 is 1.69 bits per heavy atom. The van der Waals surface area contributed by atoms with Gasteiger partial charge in [-0.2, -0.15) is 0 Å². The number of methoxy groups -OCH3 is 1. The average molecular weight is 455 g/mol. The Morgan fingerprint density at radius 1 is 0.938 bits per heavy atom. The molecule has 32 heavy (non-hydrogen) atoms. The Bertz CT molecular complexity index is 975. The first-order valence-electron chi connectivity index (χ1n) is 10.4. The molecule has 2 aromatic carbocycles. The first kappa shape index (κ1) is 23.6. The van der Waals surface area contributed by atoms with E-state index in [4.69, 9.17) is 20.8 Å². The van der Waals surface area contributed by atoms with Crippen LogP contribution in [0.4, 0.5) is 0 Å². The third-order valence-electron chi connectivity index (χ3n) is 5.06. The van der Waals surface area contributed by atoms with Gasteiger partial charge >= 0.3 is 0 Å². The van der Waals surface area contributed by atoms with E-state index in [1.165, 1.54) is 4.90 Å². The van der Waals surface area contributed by atoms with Crippen molar-refractivity contribution in [3.8, 4) is 0 Å². The van der Waals surface area contributed by atoms with E-state index >= 15 is 0 Å². The van der Waals surface area contributed by atoms with Crippen LogP contribution < -0.4 is 0 Å². The lowest BCUT2D eigenvalue weighted by atomic mass is 10.1. The molecule has 0 saturated heterocycles. The molecule has 0 radical (unpaired) electrons. The van der Waals surface area contributed by atoms with Crippen molar-refractivity contribution in [2.75, 3.05) is 33.4 Å². The van der Waals surface area contributed by atoms with Gasteiger partial charge in [-0.3, -0.25) is 9.59 Å². The van der Waals surface area contributed by atoms with Crippen LogP contribution in [0.1, 0.15) is 21.7 Å². The summed E-state index contributed by atoms with van der Waals surface area (Å²) in [6.45, 7) is 1.43. The molecule has 0 bridgehead atoms. The van der Waals surface area contributed by atoms with Gasteiger partial charge in [0.1, 0.15) is 12.3 Å².